The SMILES string of the molecule is CCC(C)(C)c1ccc(-[s+]2c3cc4ccccc4cc3c3sc4cc5ccccc5cc4c32)cc1.C[B-](F)(F)F. The Morgan fingerprint density at radius 2 is 1.23 bits per heavy atom. The highest BCUT2D eigenvalue weighted by molar-refractivity contribution is 7.53. The van der Waals surface area contributed by atoms with Gasteiger partial charge < -0.3 is 12.9 Å². The van der Waals surface area contributed by atoms with E-state index in [0.29, 0.717) is 0 Å². The van der Waals surface area contributed by atoms with E-state index in [0.717, 1.165) is 6.42 Å². The van der Waals surface area contributed by atoms with E-state index in [1.165, 1.54) is 61.6 Å². The molecule has 1 atom stereocenters. The summed E-state index contributed by atoms with van der Waals surface area (Å²) in [6.07, 6.45) is 1.14. The van der Waals surface area contributed by atoms with Crippen LogP contribution in [0.1, 0.15) is 32.8 Å². The maximum Gasteiger partial charge on any atom is 0.475 e. The van der Waals surface area contributed by atoms with Gasteiger partial charge in [0.25, 0.3) is 0 Å². The topological polar surface area (TPSA) is 0 Å². The number of hydrogen-bond donors (Lipinski definition) is 0. The monoisotopic (exact) mass is 570 g/mol. The third-order valence-corrected chi connectivity index (χ3v) is 11.5. The van der Waals surface area contributed by atoms with E-state index in [9.17, 15) is 12.9 Å². The highest BCUT2D eigenvalue weighted by Crippen LogP contribution is 2.55. The maximum absolute atomic E-state index is 10.4. The molecule has 0 saturated carbocycles. The Bertz CT molecular complexity index is 1990. The molecule has 0 fully saturated rings. The van der Waals surface area contributed by atoms with Gasteiger partial charge in [-0.05, 0) is 69.3 Å². The number of halogens is 3. The van der Waals surface area contributed by atoms with E-state index in [-0.39, 0.29) is 22.7 Å². The summed E-state index contributed by atoms with van der Waals surface area (Å²) in [7, 11) is -0.110. The van der Waals surface area contributed by atoms with Crippen molar-refractivity contribution in [3.8, 4) is 4.90 Å². The van der Waals surface area contributed by atoms with E-state index >= 15 is 0 Å². The van der Waals surface area contributed by atoms with Crippen LogP contribution in [0.25, 0.3) is 56.0 Å². The van der Waals surface area contributed by atoms with Gasteiger partial charge in [-0.15, -0.1) is 11.3 Å². The Labute approximate surface area is 239 Å². The second kappa shape index (κ2) is 9.93. The highest BCUT2D eigenvalue weighted by atomic mass is 32.2. The Morgan fingerprint density at radius 3 is 1.77 bits per heavy atom. The van der Waals surface area contributed by atoms with Crippen LogP contribution in [-0.2, 0) is 5.41 Å². The largest absolute Gasteiger partial charge is 0.475 e. The molecule has 40 heavy (non-hydrogen) atoms. The molecule has 0 spiro atoms. The van der Waals surface area contributed by atoms with Crippen LogP contribution >= 0.6 is 21.8 Å². The molecule has 0 bridgehead atoms. The summed E-state index contributed by atoms with van der Waals surface area (Å²) in [4.78, 5) is 1.42. The molecular weight excluding hydrogens is 540 g/mol. The van der Waals surface area contributed by atoms with Crippen molar-refractivity contribution >= 4 is 79.9 Å². The van der Waals surface area contributed by atoms with Crippen molar-refractivity contribution in [3.05, 3.63) is 103 Å². The first-order valence-electron chi connectivity index (χ1n) is 13.6. The second-order valence-electron chi connectivity index (χ2n) is 11.1. The van der Waals surface area contributed by atoms with Crippen molar-refractivity contribution in [2.24, 2.45) is 0 Å². The molecule has 7 aromatic rings. The van der Waals surface area contributed by atoms with Gasteiger partial charge in [-0.2, -0.15) is 0 Å². The number of rotatable bonds is 3. The lowest BCUT2D eigenvalue weighted by Crippen LogP contribution is -2.14. The molecule has 2 aromatic heterocycles. The Morgan fingerprint density at radius 1 is 0.725 bits per heavy atom. The predicted molar refractivity (Wildman–Crippen MR) is 174 cm³/mol. The zero-order chi connectivity index (χ0) is 28.2. The summed E-state index contributed by atoms with van der Waals surface area (Å²) in [5, 5.41) is 8.15. The maximum atomic E-state index is 10.4. The first-order chi connectivity index (χ1) is 19.0. The molecule has 6 heteroatoms. The van der Waals surface area contributed by atoms with Gasteiger partial charge in [0.2, 0.25) is 4.70 Å². The molecule has 0 aliphatic rings. The van der Waals surface area contributed by atoms with Crippen LogP contribution in [0.5, 0.6) is 0 Å². The van der Waals surface area contributed by atoms with Crippen molar-refractivity contribution in [1.82, 2.24) is 0 Å². The lowest BCUT2D eigenvalue weighted by atomic mass is 9.82. The van der Waals surface area contributed by atoms with E-state index in [2.05, 4.69) is 118 Å². The van der Waals surface area contributed by atoms with Crippen molar-refractivity contribution < 1.29 is 12.9 Å². The molecule has 0 amide bonds. The number of benzene rings is 5. The number of hydrogen-bond acceptors (Lipinski definition) is 1. The molecule has 0 N–H and O–H groups in total. The van der Waals surface area contributed by atoms with Gasteiger partial charge in [0.05, 0.1) is 10.8 Å². The van der Waals surface area contributed by atoms with Crippen LogP contribution in [0.15, 0.2) is 97.1 Å². The first-order valence-corrected chi connectivity index (χ1v) is 15.6. The zero-order valence-electron chi connectivity index (χ0n) is 23.0. The summed E-state index contributed by atoms with van der Waals surface area (Å²) in [5.74, 6) is 0. The Kier molecular flexibility index (Phi) is 6.67. The fraction of sp³-hybridized carbons (Fsp3) is 0.176. The first kappa shape index (κ1) is 26.9. The third kappa shape index (κ3) is 4.88. The summed E-state index contributed by atoms with van der Waals surface area (Å²) >= 11 is 1.97. The van der Waals surface area contributed by atoms with Gasteiger partial charge >= 0.3 is 6.98 Å². The molecule has 5 aromatic carbocycles. The van der Waals surface area contributed by atoms with Crippen LogP contribution in [0.3, 0.4) is 0 Å². The van der Waals surface area contributed by atoms with Crippen LogP contribution in [0.2, 0.25) is 6.82 Å². The average molecular weight is 571 g/mol. The van der Waals surface area contributed by atoms with E-state index in [1.54, 1.807) is 0 Å². The second-order valence-corrected chi connectivity index (χ2v) is 14.1. The van der Waals surface area contributed by atoms with Crippen molar-refractivity contribution in [1.29, 1.82) is 0 Å². The zero-order valence-corrected chi connectivity index (χ0v) is 24.6. The summed E-state index contributed by atoms with van der Waals surface area (Å²) < 4.78 is 37.1. The third-order valence-electron chi connectivity index (χ3n) is 7.78. The minimum absolute atomic E-state index is 0.110. The molecule has 0 saturated heterocycles. The van der Waals surface area contributed by atoms with E-state index < -0.39 is 6.98 Å². The van der Waals surface area contributed by atoms with Crippen LogP contribution < -0.4 is 0 Å². The smallest absolute Gasteiger partial charge is 0.449 e. The number of fused-ring (bicyclic) bond motifs is 7. The fourth-order valence-electron chi connectivity index (χ4n) is 5.31. The van der Waals surface area contributed by atoms with Crippen molar-refractivity contribution in [3.63, 3.8) is 0 Å². The predicted octanol–water partition coefficient (Wildman–Crippen LogP) is 12.4. The van der Waals surface area contributed by atoms with Gasteiger partial charge in [-0.1, -0.05) is 88.3 Å². The summed E-state index contributed by atoms with van der Waals surface area (Å²) in [5.41, 5.74) is 1.62. The van der Waals surface area contributed by atoms with Gasteiger partial charge in [0, 0.05) is 21.2 Å². The standard InChI is InChI=1S/C33H27S2.CH3BF3/c1-4-33(2,3)25-13-15-26(16-14-25)35-30-20-24-12-8-6-10-22(24)18-28(30)31-32(35)27-17-21-9-5-7-11-23(21)19-29(27)34-31;1-2(3,4)5/h5-20H,4H2,1-3H3;1H3/q+1;-1. The molecule has 0 aliphatic heterocycles. The lowest BCUT2D eigenvalue weighted by Gasteiger charge is -2.22. The summed E-state index contributed by atoms with van der Waals surface area (Å²) in [6.45, 7) is 2.72. The highest BCUT2D eigenvalue weighted by Gasteiger charge is 2.29. The quantitative estimate of drug-likeness (QED) is 0.146. The van der Waals surface area contributed by atoms with Crippen LogP contribution in [0.4, 0.5) is 12.9 Å². The molecule has 7 rings (SSSR count). The van der Waals surface area contributed by atoms with E-state index in [1.807, 2.05) is 11.3 Å². The lowest BCUT2D eigenvalue weighted by molar-refractivity contribution is 0.487. The molecule has 1 unspecified atom stereocenters. The van der Waals surface area contributed by atoms with Gasteiger partial charge in [-0.25, -0.2) is 0 Å². The number of thiophene rings is 2. The minimum Gasteiger partial charge on any atom is -0.449 e. The molecule has 0 nitrogen and oxygen atoms in total. The molecule has 0 aliphatic carbocycles. The molecule has 2 heterocycles. The van der Waals surface area contributed by atoms with Gasteiger partial charge in [0.15, 0.2) is 9.60 Å². The molecular formula is C34H30BF3S2. The van der Waals surface area contributed by atoms with E-state index in [4.69, 9.17) is 0 Å². The Balaban J connectivity index is 0.000000534. The molecule has 202 valence electrons. The fourth-order valence-corrected chi connectivity index (χ4v) is 9.40. The van der Waals surface area contributed by atoms with Crippen molar-refractivity contribution in [2.45, 2.75) is 39.4 Å². The van der Waals surface area contributed by atoms with Gasteiger partial charge in [0.1, 0.15) is 4.70 Å². The molecule has 0 radical (unpaired) electrons. The van der Waals surface area contributed by atoms with Gasteiger partial charge in [-0.3, -0.25) is 0 Å². The normalized spacial score (nSPS) is 12.9. The minimum atomic E-state index is -4.50. The van der Waals surface area contributed by atoms with Crippen LogP contribution in [0, 0.1) is 0 Å². The van der Waals surface area contributed by atoms with Crippen molar-refractivity contribution in [2.75, 3.05) is 0 Å². The summed E-state index contributed by atoms with van der Waals surface area (Å²) in [6, 6.07) is 36.8. The average Bonchev–Trinajstić information content (AvgIpc) is 3.43. The Hall–Kier alpha value is -3.35. The van der Waals surface area contributed by atoms with Crippen LogP contribution in [-0.4, -0.2) is 6.98 Å².